The second-order valence-electron chi connectivity index (χ2n) is 3.00. The number of carbonyl (C=O) groups is 1. The van der Waals surface area contributed by atoms with E-state index in [1.165, 1.54) is 0 Å². The van der Waals surface area contributed by atoms with E-state index in [0.29, 0.717) is 19.0 Å². The number of aromatic nitrogens is 3. The summed E-state index contributed by atoms with van der Waals surface area (Å²) in [6, 6.07) is 0. The van der Waals surface area contributed by atoms with Gasteiger partial charge in [-0.05, 0) is 19.9 Å². The Bertz CT molecular complexity index is 311. The predicted octanol–water partition coefficient (Wildman–Crippen LogP) is 0.481. The smallest absolute Gasteiger partial charge is 0.378 e. The van der Waals surface area contributed by atoms with Gasteiger partial charge in [-0.2, -0.15) is 0 Å². The fourth-order valence-corrected chi connectivity index (χ4v) is 1.04. The van der Waals surface area contributed by atoms with Crippen LogP contribution in [0.25, 0.3) is 0 Å². The largest absolute Gasteiger partial charge is 0.460 e. The highest BCUT2D eigenvalue weighted by molar-refractivity contribution is 5.84. The van der Waals surface area contributed by atoms with Crippen LogP contribution in [-0.2, 0) is 11.3 Å². The quantitative estimate of drug-likeness (QED) is 0.529. The van der Waals surface area contributed by atoms with Gasteiger partial charge in [0.15, 0.2) is 0 Å². The van der Waals surface area contributed by atoms with Crippen LogP contribution in [0, 0.1) is 0 Å². The fraction of sp³-hybridized carbons (Fsp3) is 0.667. The second kappa shape index (κ2) is 6.13. The number of H-pyrrole nitrogens is 1. The van der Waals surface area contributed by atoms with E-state index >= 15 is 0 Å². The lowest BCUT2D eigenvalue weighted by Crippen LogP contribution is -2.15. The number of ether oxygens (including phenoxy) is 1. The van der Waals surface area contributed by atoms with E-state index in [1.54, 1.807) is 6.92 Å². The van der Waals surface area contributed by atoms with Gasteiger partial charge in [-0.1, -0.05) is 6.92 Å². The van der Waals surface area contributed by atoms with Crippen LogP contribution in [0.4, 0.5) is 0 Å². The molecule has 0 radical (unpaired) electrons. The van der Waals surface area contributed by atoms with Crippen LogP contribution in [0.5, 0.6) is 0 Å². The Labute approximate surface area is 88.4 Å². The molecule has 15 heavy (non-hydrogen) atoms. The summed E-state index contributed by atoms with van der Waals surface area (Å²) in [5, 5.41) is 9.59. The summed E-state index contributed by atoms with van der Waals surface area (Å²) in [5.41, 5.74) is 0. The number of hydrogen-bond donors (Lipinski definition) is 2. The standard InChI is InChI=1S/C9H16N4O2/c1-3-5-10-6-7-11-8(13-12-7)9(14)15-4-2/h10H,3-6H2,1-2H3,(H,11,12,13). The number of rotatable bonds is 6. The highest BCUT2D eigenvalue weighted by Crippen LogP contribution is 1.95. The van der Waals surface area contributed by atoms with Crippen molar-refractivity contribution < 1.29 is 9.53 Å². The molecule has 0 amide bonds. The molecule has 1 rings (SSSR count). The van der Waals surface area contributed by atoms with Crippen molar-refractivity contribution in [3.63, 3.8) is 0 Å². The molecule has 0 spiro atoms. The highest BCUT2D eigenvalue weighted by Gasteiger charge is 2.12. The molecule has 1 aromatic heterocycles. The third-order valence-corrected chi connectivity index (χ3v) is 1.71. The van der Waals surface area contributed by atoms with Gasteiger partial charge in [-0.15, -0.1) is 5.10 Å². The van der Waals surface area contributed by atoms with Crippen LogP contribution in [0.1, 0.15) is 36.7 Å². The Kier molecular flexibility index (Phi) is 4.76. The Morgan fingerprint density at radius 1 is 1.53 bits per heavy atom. The van der Waals surface area contributed by atoms with Gasteiger partial charge in [0.1, 0.15) is 5.82 Å². The van der Waals surface area contributed by atoms with Crippen LogP contribution in [0.15, 0.2) is 0 Å². The third-order valence-electron chi connectivity index (χ3n) is 1.71. The lowest BCUT2D eigenvalue weighted by molar-refractivity contribution is 0.0512. The zero-order valence-electron chi connectivity index (χ0n) is 9.04. The molecular formula is C9H16N4O2. The first-order valence-electron chi connectivity index (χ1n) is 5.07. The van der Waals surface area contributed by atoms with Crippen molar-refractivity contribution in [1.82, 2.24) is 20.5 Å². The molecule has 1 heterocycles. The van der Waals surface area contributed by atoms with Gasteiger partial charge in [0, 0.05) is 0 Å². The molecule has 0 aliphatic heterocycles. The van der Waals surface area contributed by atoms with Crippen molar-refractivity contribution in [2.24, 2.45) is 0 Å². The van der Waals surface area contributed by atoms with Gasteiger partial charge in [0.2, 0.25) is 0 Å². The lowest BCUT2D eigenvalue weighted by atomic mass is 10.4. The molecule has 6 heteroatoms. The molecule has 0 fully saturated rings. The molecule has 0 aliphatic rings. The molecule has 0 saturated carbocycles. The Morgan fingerprint density at radius 2 is 2.33 bits per heavy atom. The number of nitrogens with zero attached hydrogens (tertiary/aromatic N) is 2. The minimum absolute atomic E-state index is 0.0881. The van der Waals surface area contributed by atoms with Gasteiger partial charge in [-0.3, -0.25) is 5.10 Å². The molecule has 0 bridgehead atoms. The molecule has 2 N–H and O–H groups in total. The summed E-state index contributed by atoms with van der Waals surface area (Å²) in [6.07, 6.45) is 1.05. The summed E-state index contributed by atoms with van der Waals surface area (Å²) < 4.78 is 4.76. The van der Waals surface area contributed by atoms with E-state index in [4.69, 9.17) is 4.74 Å². The number of nitrogens with one attached hydrogen (secondary N) is 2. The van der Waals surface area contributed by atoms with Crippen LogP contribution < -0.4 is 5.32 Å². The highest BCUT2D eigenvalue weighted by atomic mass is 16.5. The van der Waals surface area contributed by atoms with E-state index in [1.807, 2.05) is 0 Å². The van der Waals surface area contributed by atoms with Crippen molar-refractivity contribution in [3.8, 4) is 0 Å². The zero-order valence-corrected chi connectivity index (χ0v) is 9.04. The summed E-state index contributed by atoms with van der Waals surface area (Å²) in [4.78, 5) is 15.2. The monoisotopic (exact) mass is 212 g/mol. The molecule has 0 aliphatic carbocycles. The van der Waals surface area contributed by atoms with Crippen molar-refractivity contribution in [1.29, 1.82) is 0 Å². The molecule has 0 atom stereocenters. The first-order chi connectivity index (χ1) is 7.27. The minimum Gasteiger partial charge on any atom is -0.460 e. The lowest BCUT2D eigenvalue weighted by Gasteiger charge is -1.97. The summed E-state index contributed by atoms with van der Waals surface area (Å²) in [6.45, 7) is 5.65. The number of esters is 1. The van der Waals surface area contributed by atoms with E-state index in [9.17, 15) is 4.79 Å². The minimum atomic E-state index is -0.490. The average Bonchev–Trinajstić information content (AvgIpc) is 2.67. The maximum absolute atomic E-state index is 11.2. The number of hydrogen-bond acceptors (Lipinski definition) is 5. The summed E-state index contributed by atoms with van der Waals surface area (Å²) in [7, 11) is 0. The topological polar surface area (TPSA) is 79.9 Å². The molecule has 0 aromatic carbocycles. The SMILES string of the molecule is CCCNCc1nc(C(=O)OCC)n[nH]1. The molecule has 84 valence electrons. The molecule has 0 saturated heterocycles. The maximum atomic E-state index is 11.2. The third kappa shape index (κ3) is 3.67. The van der Waals surface area contributed by atoms with Crippen molar-refractivity contribution in [2.75, 3.05) is 13.2 Å². The van der Waals surface area contributed by atoms with Gasteiger partial charge in [0.05, 0.1) is 13.2 Å². The Balaban J connectivity index is 2.45. The normalized spacial score (nSPS) is 10.3. The van der Waals surface area contributed by atoms with Crippen molar-refractivity contribution in [3.05, 3.63) is 11.6 Å². The summed E-state index contributed by atoms with van der Waals surface area (Å²) >= 11 is 0. The number of aromatic amines is 1. The van der Waals surface area contributed by atoms with Crippen LogP contribution in [0.3, 0.4) is 0 Å². The van der Waals surface area contributed by atoms with Crippen LogP contribution >= 0.6 is 0 Å². The molecule has 6 nitrogen and oxygen atoms in total. The Morgan fingerprint density at radius 3 is 3.00 bits per heavy atom. The first-order valence-corrected chi connectivity index (χ1v) is 5.07. The Hall–Kier alpha value is -1.43. The zero-order chi connectivity index (χ0) is 11.1. The van der Waals surface area contributed by atoms with Crippen LogP contribution in [-0.4, -0.2) is 34.3 Å². The predicted molar refractivity (Wildman–Crippen MR) is 54.3 cm³/mol. The maximum Gasteiger partial charge on any atom is 0.378 e. The molecule has 1 aromatic rings. The van der Waals surface area contributed by atoms with Gasteiger partial charge in [-0.25, -0.2) is 9.78 Å². The van der Waals surface area contributed by atoms with E-state index < -0.39 is 5.97 Å². The van der Waals surface area contributed by atoms with Gasteiger partial charge < -0.3 is 10.1 Å². The van der Waals surface area contributed by atoms with Crippen LogP contribution in [0.2, 0.25) is 0 Å². The van der Waals surface area contributed by atoms with E-state index in [2.05, 4.69) is 27.4 Å². The summed E-state index contributed by atoms with van der Waals surface area (Å²) in [5.74, 6) is 0.243. The second-order valence-corrected chi connectivity index (χ2v) is 3.00. The van der Waals surface area contributed by atoms with Crippen molar-refractivity contribution >= 4 is 5.97 Å². The van der Waals surface area contributed by atoms with Crippen molar-refractivity contribution in [2.45, 2.75) is 26.8 Å². The molecule has 0 unspecified atom stereocenters. The number of carbonyl (C=O) groups excluding carboxylic acids is 1. The van der Waals surface area contributed by atoms with E-state index in [0.717, 1.165) is 13.0 Å². The van der Waals surface area contributed by atoms with E-state index in [-0.39, 0.29) is 5.82 Å². The van der Waals surface area contributed by atoms with Gasteiger partial charge in [0.25, 0.3) is 5.82 Å². The average molecular weight is 212 g/mol. The fourth-order valence-electron chi connectivity index (χ4n) is 1.04. The molecular weight excluding hydrogens is 196 g/mol. The van der Waals surface area contributed by atoms with Gasteiger partial charge >= 0.3 is 5.97 Å². The first kappa shape index (κ1) is 11.6.